The number of hydrogen-bond acceptors (Lipinski definition) is 4. The summed E-state index contributed by atoms with van der Waals surface area (Å²) in [6.45, 7) is 0.0682. The molecule has 3 rings (SSSR count). The molecule has 4 nitrogen and oxygen atoms in total. The van der Waals surface area contributed by atoms with E-state index in [0.29, 0.717) is 17.9 Å². The molecule has 0 bridgehead atoms. The molecule has 0 atom stereocenters. The highest BCUT2D eigenvalue weighted by atomic mass is 79.9. The first-order valence-electron chi connectivity index (χ1n) is 7.01. The van der Waals surface area contributed by atoms with Gasteiger partial charge in [-0.3, -0.25) is 4.79 Å². The molecule has 0 saturated heterocycles. The molecular formula is C17H13BrN2O2S. The monoisotopic (exact) mass is 388 g/mol. The fraction of sp³-hybridized carbons (Fsp3) is 0.118. The van der Waals surface area contributed by atoms with Gasteiger partial charge >= 0.3 is 0 Å². The van der Waals surface area contributed by atoms with E-state index in [1.807, 2.05) is 42.5 Å². The second-order valence-corrected chi connectivity index (χ2v) is 6.28. The van der Waals surface area contributed by atoms with Crippen molar-refractivity contribution in [2.24, 2.45) is 0 Å². The number of benzene rings is 2. The number of nitrogens with zero attached hydrogens (tertiary/aromatic N) is 2. The highest BCUT2D eigenvalue weighted by Gasteiger charge is 2.12. The van der Waals surface area contributed by atoms with Crippen LogP contribution in [0.2, 0.25) is 0 Å². The van der Waals surface area contributed by atoms with E-state index in [4.69, 9.17) is 16.6 Å². The second-order valence-electron chi connectivity index (χ2n) is 5.01. The van der Waals surface area contributed by atoms with Gasteiger partial charge < -0.3 is 4.42 Å². The van der Waals surface area contributed by atoms with Crippen LogP contribution in [0.5, 0.6) is 0 Å². The zero-order valence-electron chi connectivity index (χ0n) is 12.1. The van der Waals surface area contributed by atoms with Gasteiger partial charge in [0.2, 0.25) is 5.89 Å². The van der Waals surface area contributed by atoms with Crippen LogP contribution in [0.25, 0.3) is 0 Å². The van der Waals surface area contributed by atoms with E-state index in [2.05, 4.69) is 21.0 Å². The Labute approximate surface area is 146 Å². The molecule has 0 unspecified atom stereocenters. The van der Waals surface area contributed by atoms with Crippen molar-refractivity contribution in [1.82, 2.24) is 9.78 Å². The Morgan fingerprint density at radius 2 is 1.83 bits per heavy atom. The number of aromatic nitrogens is 2. The first kappa shape index (κ1) is 15.8. The SMILES string of the molecule is O=C(Cn1nc(Cc2ccccc2)oc1=S)c1ccc(Br)cc1. The minimum atomic E-state index is -0.0619. The Bertz CT molecular complexity index is 870. The Balaban J connectivity index is 1.75. The van der Waals surface area contributed by atoms with Crippen molar-refractivity contribution < 1.29 is 9.21 Å². The minimum Gasteiger partial charge on any atom is -0.414 e. The molecule has 0 aliphatic carbocycles. The summed E-state index contributed by atoms with van der Waals surface area (Å²) in [5.41, 5.74) is 1.69. The molecule has 0 aliphatic rings. The third-order valence-electron chi connectivity index (χ3n) is 3.31. The van der Waals surface area contributed by atoms with Crippen LogP contribution in [-0.2, 0) is 13.0 Å². The largest absolute Gasteiger partial charge is 0.414 e. The number of rotatable bonds is 5. The van der Waals surface area contributed by atoms with Crippen molar-refractivity contribution in [3.05, 3.63) is 80.9 Å². The molecule has 6 heteroatoms. The molecular weight excluding hydrogens is 376 g/mol. The molecule has 0 amide bonds. The number of carbonyl (C=O) groups is 1. The average Bonchev–Trinajstić information content (AvgIpc) is 2.88. The summed E-state index contributed by atoms with van der Waals surface area (Å²) in [7, 11) is 0. The standard InChI is InChI=1S/C17H13BrN2O2S/c18-14-8-6-13(7-9-14)15(21)11-20-17(23)22-16(19-20)10-12-4-2-1-3-5-12/h1-9H,10-11H2. The van der Waals surface area contributed by atoms with E-state index in [-0.39, 0.29) is 17.2 Å². The summed E-state index contributed by atoms with van der Waals surface area (Å²) in [6.07, 6.45) is 0.546. The van der Waals surface area contributed by atoms with Crippen LogP contribution in [0.1, 0.15) is 21.8 Å². The minimum absolute atomic E-state index is 0.0619. The van der Waals surface area contributed by atoms with Crippen molar-refractivity contribution in [2.75, 3.05) is 0 Å². The number of carbonyl (C=O) groups excluding carboxylic acids is 1. The van der Waals surface area contributed by atoms with Crippen molar-refractivity contribution in [2.45, 2.75) is 13.0 Å². The molecule has 0 N–H and O–H groups in total. The summed E-state index contributed by atoms with van der Waals surface area (Å²) in [5.74, 6) is 0.443. The smallest absolute Gasteiger partial charge is 0.287 e. The fourth-order valence-corrected chi connectivity index (χ4v) is 2.62. The number of hydrogen-bond donors (Lipinski definition) is 0. The first-order valence-corrected chi connectivity index (χ1v) is 8.21. The summed E-state index contributed by atoms with van der Waals surface area (Å²) >= 11 is 8.50. The van der Waals surface area contributed by atoms with Crippen molar-refractivity contribution in [3.63, 3.8) is 0 Å². The third kappa shape index (κ3) is 4.03. The summed E-state index contributed by atoms with van der Waals surface area (Å²) in [6, 6.07) is 17.0. The highest BCUT2D eigenvalue weighted by Crippen LogP contribution is 2.13. The summed E-state index contributed by atoms with van der Waals surface area (Å²) < 4.78 is 7.84. The summed E-state index contributed by atoms with van der Waals surface area (Å²) in [4.78, 5) is 12.5. The van der Waals surface area contributed by atoms with Crippen molar-refractivity contribution in [3.8, 4) is 0 Å². The zero-order valence-corrected chi connectivity index (χ0v) is 14.5. The molecule has 0 spiro atoms. The van der Waals surface area contributed by atoms with E-state index in [9.17, 15) is 4.79 Å². The van der Waals surface area contributed by atoms with Crippen LogP contribution >= 0.6 is 28.1 Å². The molecule has 116 valence electrons. The quantitative estimate of drug-likeness (QED) is 0.478. The van der Waals surface area contributed by atoms with Gasteiger partial charge in [0.1, 0.15) is 6.54 Å². The maximum atomic E-state index is 12.3. The van der Waals surface area contributed by atoms with Gasteiger partial charge in [0.15, 0.2) is 5.78 Å². The van der Waals surface area contributed by atoms with E-state index in [0.717, 1.165) is 10.0 Å². The maximum Gasteiger partial charge on any atom is 0.287 e. The maximum absolute atomic E-state index is 12.3. The lowest BCUT2D eigenvalue weighted by Gasteiger charge is -2.00. The van der Waals surface area contributed by atoms with Gasteiger partial charge in [-0.05, 0) is 29.9 Å². The van der Waals surface area contributed by atoms with Gasteiger partial charge in [-0.15, -0.1) is 5.10 Å². The number of ketones is 1. The van der Waals surface area contributed by atoms with Crippen LogP contribution < -0.4 is 0 Å². The van der Waals surface area contributed by atoms with E-state index in [1.54, 1.807) is 12.1 Å². The van der Waals surface area contributed by atoms with Gasteiger partial charge in [-0.2, -0.15) is 0 Å². The average molecular weight is 389 g/mol. The predicted molar refractivity (Wildman–Crippen MR) is 93.0 cm³/mol. The Kier molecular flexibility index (Phi) is 4.83. The number of Topliss-reactive ketones (excluding diaryl/α,β-unsaturated/α-hetero) is 1. The van der Waals surface area contributed by atoms with E-state index < -0.39 is 0 Å². The molecule has 0 aliphatic heterocycles. The van der Waals surface area contributed by atoms with Crippen LogP contribution in [0.3, 0.4) is 0 Å². The Morgan fingerprint density at radius 1 is 1.13 bits per heavy atom. The van der Waals surface area contributed by atoms with Crippen LogP contribution in [0, 0.1) is 4.84 Å². The third-order valence-corrected chi connectivity index (χ3v) is 4.13. The Morgan fingerprint density at radius 3 is 2.52 bits per heavy atom. The lowest BCUT2D eigenvalue weighted by molar-refractivity contribution is 0.0966. The van der Waals surface area contributed by atoms with Crippen molar-refractivity contribution in [1.29, 1.82) is 0 Å². The molecule has 0 radical (unpaired) electrons. The predicted octanol–water partition coefficient (Wildman–Crippen LogP) is 4.44. The normalized spacial score (nSPS) is 10.7. The van der Waals surface area contributed by atoms with Crippen LogP contribution in [0.4, 0.5) is 0 Å². The lowest BCUT2D eigenvalue weighted by Crippen LogP contribution is -2.12. The second kappa shape index (κ2) is 7.02. The molecule has 2 aromatic carbocycles. The fourth-order valence-electron chi connectivity index (χ4n) is 2.15. The lowest BCUT2D eigenvalue weighted by atomic mass is 10.1. The van der Waals surface area contributed by atoms with Crippen LogP contribution in [-0.4, -0.2) is 15.6 Å². The first-order chi connectivity index (χ1) is 11.1. The topological polar surface area (TPSA) is 48.0 Å². The van der Waals surface area contributed by atoms with Gasteiger partial charge in [-0.25, -0.2) is 4.68 Å². The van der Waals surface area contributed by atoms with Gasteiger partial charge in [0.05, 0.1) is 6.42 Å². The highest BCUT2D eigenvalue weighted by molar-refractivity contribution is 9.10. The van der Waals surface area contributed by atoms with Gasteiger partial charge in [0, 0.05) is 10.0 Å². The molecule has 0 saturated carbocycles. The van der Waals surface area contributed by atoms with Crippen molar-refractivity contribution >= 4 is 33.9 Å². The molecule has 23 heavy (non-hydrogen) atoms. The number of halogens is 1. The molecule has 1 aromatic heterocycles. The molecule has 0 fully saturated rings. The van der Waals surface area contributed by atoms with E-state index in [1.165, 1.54) is 4.68 Å². The van der Waals surface area contributed by atoms with Gasteiger partial charge in [-0.1, -0.05) is 58.4 Å². The van der Waals surface area contributed by atoms with E-state index >= 15 is 0 Å². The molecule has 3 aromatic rings. The van der Waals surface area contributed by atoms with Gasteiger partial charge in [0.25, 0.3) is 4.84 Å². The molecule has 1 heterocycles. The zero-order chi connectivity index (χ0) is 16.2. The van der Waals surface area contributed by atoms with Crippen LogP contribution in [0.15, 0.2) is 63.5 Å². The summed E-state index contributed by atoms with van der Waals surface area (Å²) in [5, 5.41) is 4.30. The Hall–Kier alpha value is -2.05.